The number of hydrogen-bond acceptors (Lipinski definition) is 5. The van der Waals surface area contributed by atoms with E-state index in [1.165, 1.54) is 0 Å². The van der Waals surface area contributed by atoms with Gasteiger partial charge in [0.1, 0.15) is 6.54 Å². The first-order valence-corrected chi connectivity index (χ1v) is 6.35. The van der Waals surface area contributed by atoms with Crippen molar-refractivity contribution in [3.05, 3.63) is 5.82 Å². The molecule has 1 aliphatic rings. The van der Waals surface area contributed by atoms with E-state index in [9.17, 15) is 4.79 Å². The second-order valence-electron chi connectivity index (χ2n) is 5.76. The van der Waals surface area contributed by atoms with E-state index in [-0.39, 0.29) is 23.7 Å². The number of carbonyl (C=O) groups is 1. The molecule has 1 aliphatic heterocycles. The van der Waals surface area contributed by atoms with Gasteiger partial charge in [0.15, 0.2) is 11.6 Å². The third-order valence-electron chi connectivity index (χ3n) is 3.18. The van der Waals surface area contributed by atoms with Gasteiger partial charge < -0.3 is 4.74 Å². The van der Waals surface area contributed by atoms with Crippen molar-refractivity contribution in [3.8, 4) is 0 Å². The molecule has 0 bridgehead atoms. The highest BCUT2D eigenvalue weighted by Gasteiger charge is 2.26. The molecule has 0 atom stereocenters. The quantitative estimate of drug-likeness (QED) is 0.801. The van der Waals surface area contributed by atoms with Crippen LogP contribution in [0, 0.1) is 5.92 Å². The lowest BCUT2D eigenvalue weighted by Crippen LogP contribution is -2.29. The highest BCUT2D eigenvalue weighted by molar-refractivity contribution is 5.80. The summed E-state index contributed by atoms with van der Waals surface area (Å²) in [7, 11) is 0. The first-order valence-electron chi connectivity index (χ1n) is 6.35. The second-order valence-corrected chi connectivity index (χ2v) is 5.76. The van der Waals surface area contributed by atoms with Gasteiger partial charge in [0.25, 0.3) is 0 Å². The van der Waals surface area contributed by atoms with E-state index < -0.39 is 0 Å². The average molecular weight is 252 g/mol. The van der Waals surface area contributed by atoms with Crippen molar-refractivity contribution in [1.29, 1.82) is 0 Å². The van der Waals surface area contributed by atoms with Gasteiger partial charge in [-0.25, -0.2) is 4.68 Å². The van der Waals surface area contributed by atoms with Crippen LogP contribution >= 0.6 is 0 Å². The third-order valence-corrected chi connectivity index (χ3v) is 3.18. The molecule has 100 valence electrons. The Hall–Kier alpha value is -1.30. The lowest BCUT2D eigenvalue weighted by molar-refractivity contribution is -0.126. The van der Waals surface area contributed by atoms with Crippen LogP contribution in [0.2, 0.25) is 0 Å². The molecule has 0 radical (unpaired) electrons. The van der Waals surface area contributed by atoms with Crippen LogP contribution in [-0.2, 0) is 21.5 Å². The Kier molecular flexibility index (Phi) is 3.75. The Labute approximate surface area is 107 Å². The van der Waals surface area contributed by atoms with Gasteiger partial charge in [0.05, 0.1) is 0 Å². The standard InChI is InChI=1S/C12H20N4O2/c1-12(2,3)11-13-14-15-16(11)8-10(17)9-4-6-18-7-5-9/h9H,4-8H2,1-3H3. The highest BCUT2D eigenvalue weighted by Crippen LogP contribution is 2.20. The largest absolute Gasteiger partial charge is 0.381 e. The summed E-state index contributed by atoms with van der Waals surface area (Å²) in [5.74, 6) is 1.05. The van der Waals surface area contributed by atoms with E-state index in [2.05, 4.69) is 15.5 Å². The lowest BCUT2D eigenvalue weighted by Gasteiger charge is -2.22. The fourth-order valence-electron chi connectivity index (χ4n) is 2.14. The van der Waals surface area contributed by atoms with E-state index >= 15 is 0 Å². The first-order chi connectivity index (χ1) is 8.48. The smallest absolute Gasteiger partial charge is 0.157 e. The molecule has 2 heterocycles. The van der Waals surface area contributed by atoms with E-state index in [4.69, 9.17) is 4.74 Å². The molecule has 0 aromatic carbocycles. The van der Waals surface area contributed by atoms with Crippen molar-refractivity contribution in [3.63, 3.8) is 0 Å². The Balaban J connectivity index is 2.05. The average Bonchev–Trinajstić information content (AvgIpc) is 2.78. The minimum Gasteiger partial charge on any atom is -0.381 e. The highest BCUT2D eigenvalue weighted by atomic mass is 16.5. The molecule has 0 N–H and O–H groups in total. The second kappa shape index (κ2) is 5.14. The van der Waals surface area contributed by atoms with Crippen LogP contribution in [-0.4, -0.2) is 39.2 Å². The first kappa shape index (κ1) is 13.1. The Morgan fingerprint density at radius 1 is 1.39 bits per heavy atom. The molecule has 1 aromatic heterocycles. The number of ketones is 1. The summed E-state index contributed by atoms with van der Waals surface area (Å²) in [6, 6.07) is 0. The summed E-state index contributed by atoms with van der Waals surface area (Å²) < 4.78 is 6.89. The van der Waals surface area contributed by atoms with Gasteiger partial charge in [-0.2, -0.15) is 0 Å². The predicted molar refractivity (Wildman–Crippen MR) is 65.1 cm³/mol. The molecule has 0 spiro atoms. The van der Waals surface area contributed by atoms with Crippen LogP contribution in [0.25, 0.3) is 0 Å². The van der Waals surface area contributed by atoms with Gasteiger partial charge in [-0.1, -0.05) is 20.8 Å². The molecular weight excluding hydrogens is 232 g/mol. The molecule has 0 amide bonds. The molecular formula is C12H20N4O2. The minimum atomic E-state index is -0.153. The zero-order chi connectivity index (χ0) is 13.2. The third kappa shape index (κ3) is 2.93. The van der Waals surface area contributed by atoms with Crippen LogP contribution in [0.15, 0.2) is 0 Å². The number of Topliss-reactive ketones (excluding diaryl/α,β-unsaturated/α-hetero) is 1. The molecule has 2 rings (SSSR count). The summed E-state index contributed by atoms with van der Waals surface area (Å²) in [6.07, 6.45) is 1.62. The van der Waals surface area contributed by atoms with Crippen LogP contribution in [0.1, 0.15) is 39.4 Å². The number of nitrogens with zero attached hydrogens (tertiary/aromatic N) is 4. The molecule has 6 heteroatoms. The van der Waals surface area contributed by atoms with Gasteiger partial charge >= 0.3 is 0 Å². The molecule has 6 nitrogen and oxygen atoms in total. The molecule has 18 heavy (non-hydrogen) atoms. The normalized spacial score (nSPS) is 17.9. The maximum Gasteiger partial charge on any atom is 0.157 e. The molecule has 1 fully saturated rings. The number of rotatable bonds is 3. The number of carbonyl (C=O) groups excluding carboxylic acids is 1. The number of hydrogen-bond donors (Lipinski definition) is 0. The van der Waals surface area contributed by atoms with Crippen molar-refractivity contribution >= 4 is 5.78 Å². The maximum absolute atomic E-state index is 12.2. The van der Waals surface area contributed by atoms with E-state index in [1.807, 2.05) is 20.8 Å². The van der Waals surface area contributed by atoms with E-state index in [1.54, 1.807) is 4.68 Å². The van der Waals surface area contributed by atoms with Crippen molar-refractivity contribution in [2.24, 2.45) is 5.92 Å². The summed E-state index contributed by atoms with van der Waals surface area (Å²) in [5, 5.41) is 11.6. The monoisotopic (exact) mass is 252 g/mol. The summed E-state index contributed by atoms with van der Waals surface area (Å²) in [6.45, 7) is 7.73. The topological polar surface area (TPSA) is 69.9 Å². The summed E-state index contributed by atoms with van der Waals surface area (Å²) in [5.41, 5.74) is -0.153. The van der Waals surface area contributed by atoms with Gasteiger partial charge in [-0.15, -0.1) is 5.10 Å². The Bertz CT molecular complexity index is 416. The molecule has 1 saturated heterocycles. The van der Waals surface area contributed by atoms with Crippen LogP contribution in [0.3, 0.4) is 0 Å². The van der Waals surface area contributed by atoms with Crippen molar-refractivity contribution < 1.29 is 9.53 Å². The van der Waals surface area contributed by atoms with Crippen LogP contribution in [0.4, 0.5) is 0 Å². The predicted octanol–water partition coefficient (Wildman–Crippen LogP) is 0.966. The molecule has 0 saturated carbocycles. The Morgan fingerprint density at radius 3 is 2.67 bits per heavy atom. The zero-order valence-electron chi connectivity index (χ0n) is 11.2. The minimum absolute atomic E-state index is 0.0933. The van der Waals surface area contributed by atoms with Crippen LogP contribution < -0.4 is 0 Å². The number of aromatic nitrogens is 4. The zero-order valence-corrected chi connectivity index (χ0v) is 11.2. The SMILES string of the molecule is CC(C)(C)c1nnnn1CC(=O)C1CCOCC1. The van der Waals surface area contributed by atoms with Gasteiger partial charge in [0.2, 0.25) is 0 Å². The van der Waals surface area contributed by atoms with E-state index in [0.29, 0.717) is 13.2 Å². The Morgan fingerprint density at radius 2 is 2.06 bits per heavy atom. The van der Waals surface area contributed by atoms with Gasteiger partial charge in [0, 0.05) is 24.5 Å². The molecule has 0 unspecified atom stereocenters. The maximum atomic E-state index is 12.2. The van der Waals surface area contributed by atoms with Gasteiger partial charge in [-0.05, 0) is 23.3 Å². The van der Waals surface area contributed by atoms with Crippen molar-refractivity contribution in [2.75, 3.05) is 13.2 Å². The van der Waals surface area contributed by atoms with Crippen molar-refractivity contribution in [1.82, 2.24) is 20.2 Å². The number of tetrazole rings is 1. The fourth-order valence-corrected chi connectivity index (χ4v) is 2.14. The van der Waals surface area contributed by atoms with Crippen LogP contribution in [0.5, 0.6) is 0 Å². The fraction of sp³-hybridized carbons (Fsp3) is 0.833. The van der Waals surface area contributed by atoms with Gasteiger partial charge in [-0.3, -0.25) is 4.79 Å². The summed E-state index contributed by atoms with van der Waals surface area (Å²) >= 11 is 0. The molecule has 1 aromatic rings. The molecule has 0 aliphatic carbocycles. The van der Waals surface area contributed by atoms with E-state index in [0.717, 1.165) is 18.7 Å². The lowest BCUT2D eigenvalue weighted by atomic mass is 9.94. The van der Waals surface area contributed by atoms with Crippen molar-refractivity contribution in [2.45, 2.75) is 45.6 Å². The number of ether oxygens (including phenoxy) is 1. The summed E-state index contributed by atoms with van der Waals surface area (Å²) in [4.78, 5) is 12.2.